The molecule has 0 bridgehead atoms. The van der Waals surface area contributed by atoms with Gasteiger partial charge in [0.15, 0.2) is 0 Å². The average molecular weight is 245 g/mol. The molecule has 0 amide bonds. The quantitative estimate of drug-likeness (QED) is 0.884. The highest BCUT2D eigenvalue weighted by Crippen LogP contribution is 2.05. The number of aromatic nitrogens is 1. The monoisotopic (exact) mass is 245 g/mol. The molecule has 94 valence electrons. The fourth-order valence-electron chi connectivity index (χ4n) is 1.40. The number of nitrogens with zero attached hydrogens (tertiary/aromatic N) is 1. The highest BCUT2D eigenvalue weighted by atomic mass is 16.4. The lowest BCUT2D eigenvalue weighted by molar-refractivity contribution is 0.0696. The Morgan fingerprint density at radius 3 is 2.22 bits per heavy atom. The minimum Gasteiger partial charge on any atom is -0.478 e. The van der Waals surface area contributed by atoms with E-state index < -0.39 is 5.97 Å². The molecule has 0 fully saturated rings. The Hall–Kier alpha value is -2.36. The second kappa shape index (κ2) is 6.39. The summed E-state index contributed by atoms with van der Waals surface area (Å²) in [4.78, 5) is 22.3. The van der Waals surface area contributed by atoms with Crippen molar-refractivity contribution >= 4 is 5.97 Å². The van der Waals surface area contributed by atoms with E-state index >= 15 is 0 Å². The van der Waals surface area contributed by atoms with E-state index in [-0.39, 0.29) is 11.1 Å². The molecule has 0 atom stereocenters. The van der Waals surface area contributed by atoms with E-state index in [4.69, 9.17) is 5.11 Å². The lowest BCUT2D eigenvalue weighted by Gasteiger charge is -2.05. The highest BCUT2D eigenvalue weighted by Gasteiger charge is 2.05. The first-order valence-corrected chi connectivity index (χ1v) is 5.70. The molecule has 0 unspecified atom stereocenters. The lowest BCUT2D eigenvalue weighted by Crippen LogP contribution is -2.18. The van der Waals surface area contributed by atoms with E-state index in [9.17, 15) is 9.59 Å². The molecule has 0 radical (unpaired) electrons. The van der Waals surface area contributed by atoms with Crippen molar-refractivity contribution in [1.29, 1.82) is 0 Å². The summed E-state index contributed by atoms with van der Waals surface area (Å²) < 4.78 is 1.31. The van der Waals surface area contributed by atoms with E-state index in [0.717, 1.165) is 0 Å². The van der Waals surface area contributed by atoms with Gasteiger partial charge in [-0.05, 0) is 18.2 Å². The molecule has 0 aliphatic carbocycles. The van der Waals surface area contributed by atoms with Crippen molar-refractivity contribution in [2.75, 3.05) is 0 Å². The number of carboxylic acid groups (broad SMARTS) is 1. The number of para-hydroxylation sites is 1. The summed E-state index contributed by atoms with van der Waals surface area (Å²) in [5.74, 6) is -1.05. The number of hydrogen-bond acceptors (Lipinski definition) is 2. The standard InChI is InChI=1S/C12H9NO3.C2H6/c14-11-7-6-9(12(15)16)8-13(11)10-4-2-1-3-5-10;1-2/h1-8H,(H,15,16);1-2H3. The molecule has 0 saturated heterocycles. The third-order valence-electron chi connectivity index (χ3n) is 2.19. The third-order valence-corrected chi connectivity index (χ3v) is 2.19. The van der Waals surface area contributed by atoms with Crippen molar-refractivity contribution < 1.29 is 9.90 Å². The fraction of sp³-hybridized carbons (Fsp3) is 0.143. The van der Waals surface area contributed by atoms with Gasteiger partial charge in [0, 0.05) is 18.0 Å². The Balaban J connectivity index is 0.000000771. The smallest absolute Gasteiger partial charge is 0.337 e. The number of rotatable bonds is 2. The fourth-order valence-corrected chi connectivity index (χ4v) is 1.40. The van der Waals surface area contributed by atoms with Gasteiger partial charge in [0.05, 0.1) is 5.56 Å². The van der Waals surface area contributed by atoms with E-state index in [1.54, 1.807) is 24.3 Å². The van der Waals surface area contributed by atoms with E-state index in [1.165, 1.54) is 22.9 Å². The molecule has 1 aromatic carbocycles. The van der Waals surface area contributed by atoms with Crippen LogP contribution in [-0.4, -0.2) is 15.6 Å². The number of pyridine rings is 1. The van der Waals surface area contributed by atoms with Gasteiger partial charge in [0.25, 0.3) is 5.56 Å². The summed E-state index contributed by atoms with van der Waals surface area (Å²) >= 11 is 0. The molecule has 2 aromatic rings. The molecule has 0 saturated carbocycles. The average Bonchev–Trinajstić information content (AvgIpc) is 2.42. The highest BCUT2D eigenvalue weighted by molar-refractivity contribution is 5.87. The lowest BCUT2D eigenvalue weighted by atomic mass is 10.2. The predicted octanol–water partition coefficient (Wildman–Crippen LogP) is 2.56. The van der Waals surface area contributed by atoms with Gasteiger partial charge in [0.1, 0.15) is 0 Å². The molecule has 4 heteroatoms. The van der Waals surface area contributed by atoms with Crippen LogP contribution in [0.5, 0.6) is 0 Å². The SMILES string of the molecule is CC.O=C(O)c1ccc(=O)n(-c2ccccc2)c1. The van der Waals surface area contributed by atoms with Gasteiger partial charge in [-0.2, -0.15) is 0 Å². The van der Waals surface area contributed by atoms with Gasteiger partial charge in [-0.25, -0.2) is 4.79 Å². The van der Waals surface area contributed by atoms with Crippen LogP contribution in [0, 0.1) is 0 Å². The van der Waals surface area contributed by atoms with Crippen LogP contribution in [0.25, 0.3) is 5.69 Å². The summed E-state index contributed by atoms with van der Waals surface area (Å²) in [7, 11) is 0. The van der Waals surface area contributed by atoms with Crippen LogP contribution < -0.4 is 5.56 Å². The molecule has 1 aromatic heterocycles. The zero-order valence-corrected chi connectivity index (χ0v) is 10.3. The van der Waals surface area contributed by atoms with Crippen molar-refractivity contribution in [3.63, 3.8) is 0 Å². The zero-order valence-electron chi connectivity index (χ0n) is 10.3. The molecule has 0 spiro atoms. The Kier molecular flexibility index (Phi) is 4.87. The molecular weight excluding hydrogens is 230 g/mol. The maximum Gasteiger partial charge on any atom is 0.337 e. The van der Waals surface area contributed by atoms with Crippen LogP contribution in [0.4, 0.5) is 0 Å². The Morgan fingerprint density at radius 2 is 1.67 bits per heavy atom. The second-order valence-electron chi connectivity index (χ2n) is 3.27. The van der Waals surface area contributed by atoms with E-state index in [0.29, 0.717) is 5.69 Å². The van der Waals surface area contributed by atoms with E-state index in [1.807, 2.05) is 19.9 Å². The van der Waals surface area contributed by atoms with Crippen LogP contribution in [0.1, 0.15) is 24.2 Å². The Bertz CT molecular complexity index is 573. The molecule has 0 aliphatic rings. The van der Waals surface area contributed by atoms with Gasteiger partial charge >= 0.3 is 5.97 Å². The van der Waals surface area contributed by atoms with Gasteiger partial charge in [-0.3, -0.25) is 9.36 Å². The summed E-state index contributed by atoms with van der Waals surface area (Å²) in [6.07, 6.45) is 1.32. The minimum atomic E-state index is -1.05. The van der Waals surface area contributed by atoms with E-state index in [2.05, 4.69) is 0 Å². The molecule has 0 aliphatic heterocycles. The second-order valence-corrected chi connectivity index (χ2v) is 3.27. The largest absolute Gasteiger partial charge is 0.478 e. The normalized spacial score (nSPS) is 9.22. The number of carbonyl (C=O) groups is 1. The summed E-state index contributed by atoms with van der Waals surface area (Å²) in [6, 6.07) is 11.4. The Labute approximate surface area is 105 Å². The van der Waals surface area contributed by atoms with Crippen LogP contribution in [0.2, 0.25) is 0 Å². The van der Waals surface area contributed by atoms with Gasteiger partial charge in [-0.1, -0.05) is 32.0 Å². The molecule has 2 rings (SSSR count). The van der Waals surface area contributed by atoms with Crippen molar-refractivity contribution in [2.45, 2.75) is 13.8 Å². The summed E-state index contributed by atoms with van der Waals surface area (Å²) in [5, 5.41) is 8.83. The first kappa shape index (κ1) is 13.7. The van der Waals surface area contributed by atoms with Crippen molar-refractivity contribution in [2.24, 2.45) is 0 Å². The van der Waals surface area contributed by atoms with Gasteiger partial charge in [-0.15, -0.1) is 0 Å². The zero-order chi connectivity index (χ0) is 13.5. The Morgan fingerprint density at radius 1 is 1.06 bits per heavy atom. The first-order chi connectivity index (χ1) is 8.68. The number of hydrogen-bond donors (Lipinski definition) is 1. The first-order valence-electron chi connectivity index (χ1n) is 5.70. The molecule has 1 heterocycles. The number of aromatic carboxylic acids is 1. The van der Waals surface area contributed by atoms with Gasteiger partial charge in [0.2, 0.25) is 0 Å². The molecule has 18 heavy (non-hydrogen) atoms. The predicted molar refractivity (Wildman–Crippen MR) is 70.3 cm³/mol. The van der Waals surface area contributed by atoms with Crippen LogP contribution in [-0.2, 0) is 0 Å². The number of carboxylic acids is 1. The maximum atomic E-state index is 11.6. The van der Waals surface area contributed by atoms with Crippen molar-refractivity contribution in [3.8, 4) is 5.69 Å². The van der Waals surface area contributed by atoms with Crippen molar-refractivity contribution in [3.05, 3.63) is 64.6 Å². The van der Waals surface area contributed by atoms with Crippen molar-refractivity contribution in [1.82, 2.24) is 4.57 Å². The summed E-state index contributed by atoms with van der Waals surface area (Å²) in [5.41, 5.74) is 0.482. The molecule has 1 N–H and O–H groups in total. The molecular formula is C14H15NO3. The topological polar surface area (TPSA) is 59.3 Å². The van der Waals surface area contributed by atoms with Crippen LogP contribution in [0.15, 0.2) is 53.5 Å². The minimum absolute atomic E-state index is 0.0865. The van der Waals surface area contributed by atoms with Crippen LogP contribution >= 0.6 is 0 Å². The summed E-state index contributed by atoms with van der Waals surface area (Å²) in [6.45, 7) is 4.00. The third kappa shape index (κ3) is 3.07. The maximum absolute atomic E-state index is 11.6. The molecule has 4 nitrogen and oxygen atoms in total. The van der Waals surface area contributed by atoms with Crippen LogP contribution in [0.3, 0.4) is 0 Å². The van der Waals surface area contributed by atoms with Gasteiger partial charge < -0.3 is 5.11 Å². The number of benzene rings is 1.